The fourth-order valence-corrected chi connectivity index (χ4v) is 1.74. The summed E-state index contributed by atoms with van der Waals surface area (Å²) in [5.74, 6) is 1.68. The highest BCUT2D eigenvalue weighted by molar-refractivity contribution is 5.35. The first kappa shape index (κ1) is 12.5. The molecular weight excluding hydrogens is 226 g/mol. The van der Waals surface area contributed by atoms with Crippen LogP contribution in [-0.4, -0.2) is 26.3 Å². The average molecular weight is 245 g/mol. The van der Waals surface area contributed by atoms with Gasteiger partial charge in [-0.15, -0.1) is 0 Å². The summed E-state index contributed by atoms with van der Waals surface area (Å²) in [5.41, 5.74) is 2.12. The van der Waals surface area contributed by atoms with E-state index in [0.717, 1.165) is 35.9 Å². The van der Waals surface area contributed by atoms with Crippen LogP contribution >= 0.6 is 0 Å². The number of hydrogen-bond donors (Lipinski definition) is 1. The van der Waals surface area contributed by atoms with Crippen molar-refractivity contribution in [1.29, 1.82) is 0 Å². The fourth-order valence-electron chi connectivity index (χ4n) is 1.74. The van der Waals surface area contributed by atoms with Crippen LogP contribution in [0.25, 0.3) is 0 Å². The maximum Gasteiger partial charge on any atom is 0.152 e. The first-order chi connectivity index (χ1) is 8.67. The minimum absolute atomic E-state index is 0.607. The Hall–Kier alpha value is -1.91. The Balaban J connectivity index is 2.14. The highest BCUT2D eigenvalue weighted by Gasteiger charge is 2.03. The first-order valence-electron chi connectivity index (χ1n) is 6.25. The third-order valence-electron chi connectivity index (χ3n) is 2.52. The molecule has 2 aromatic rings. The summed E-state index contributed by atoms with van der Waals surface area (Å²) in [6, 6.07) is 1.97. The van der Waals surface area contributed by atoms with E-state index in [1.807, 2.05) is 37.0 Å². The molecule has 0 spiro atoms. The summed E-state index contributed by atoms with van der Waals surface area (Å²) in [5, 5.41) is 7.53. The van der Waals surface area contributed by atoms with Gasteiger partial charge in [-0.1, -0.05) is 6.92 Å². The van der Waals surface area contributed by atoms with Crippen molar-refractivity contribution in [3.05, 3.63) is 35.5 Å². The van der Waals surface area contributed by atoms with Crippen LogP contribution < -0.4 is 5.32 Å². The Labute approximate surface area is 107 Å². The summed E-state index contributed by atoms with van der Waals surface area (Å²) >= 11 is 0. The third-order valence-corrected chi connectivity index (χ3v) is 2.52. The molecule has 0 bridgehead atoms. The van der Waals surface area contributed by atoms with Crippen molar-refractivity contribution in [2.24, 2.45) is 0 Å². The number of anilines is 1. The number of nitrogens with zero attached hydrogens (tertiary/aromatic N) is 4. The zero-order chi connectivity index (χ0) is 13.0. The Kier molecular flexibility index (Phi) is 3.92. The van der Waals surface area contributed by atoms with Gasteiger partial charge in [-0.2, -0.15) is 5.10 Å². The Morgan fingerprint density at radius 3 is 2.78 bits per heavy atom. The van der Waals surface area contributed by atoms with Gasteiger partial charge in [-0.05, 0) is 25.8 Å². The lowest BCUT2D eigenvalue weighted by atomic mass is 10.4. The molecule has 0 aromatic carbocycles. The maximum atomic E-state index is 4.49. The molecule has 0 amide bonds. The largest absolute Gasteiger partial charge is 0.370 e. The fraction of sp³-hybridized carbons (Fsp3) is 0.462. The molecule has 2 rings (SSSR count). The SMILES string of the molecule is CCCNc1cc(C)nc(Cn2cc(C)cn2)n1. The Morgan fingerprint density at radius 1 is 1.28 bits per heavy atom. The quantitative estimate of drug-likeness (QED) is 0.877. The lowest BCUT2D eigenvalue weighted by Gasteiger charge is -2.07. The van der Waals surface area contributed by atoms with E-state index in [1.165, 1.54) is 0 Å². The molecular formula is C13H19N5. The molecule has 0 aliphatic carbocycles. The summed E-state index contributed by atoms with van der Waals surface area (Å²) in [7, 11) is 0. The number of hydrogen-bond acceptors (Lipinski definition) is 4. The average Bonchev–Trinajstić information content (AvgIpc) is 2.71. The van der Waals surface area contributed by atoms with Crippen molar-refractivity contribution in [2.75, 3.05) is 11.9 Å². The second-order valence-electron chi connectivity index (χ2n) is 4.45. The molecule has 0 saturated carbocycles. The van der Waals surface area contributed by atoms with Gasteiger partial charge in [0, 0.05) is 24.5 Å². The zero-order valence-electron chi connectivity index (χ0n) is 11.1. The van der Waals surface area contributed by atoms with E-state index >= 15 is 0 Å². The standard InChI is InChI=1S/C13H19N5/c1-4-5-14-12-6-11(3)16-13(17-12)9-18-8-10(2)7-15-18/h6-8H,4-5,9H2,1-3H3,(H,14,16,17). The van der Waals surface area contributed by atoms with Crippen LogP contribution in [0.3, 0.4) is 0 Å². The van der Waals surface area contributed by atoms with Gasteiger partial charge in [0.1, 0.15) is 12.4 Å². The molecule has 1 N–H and O–H groups in total. The molecule has 0 aliphatic rings. The topological polar surface area (TPSA) is 55.6 Å². The van der Waals surface area contributed by atoms with E-state index in [1.54, 1.807) is 0 Å². The van der Waals surface area contributed by atoms with Crippen LogP contribution in [0.15, 0.2) is 18.5 Å². The van der Waals surface area contributed by atoms with Crippen LogP contribution in [0.2, 0.25) is 0 Å². The molecule has 0 unspecified atom stereocenters. The monoisotopic (exact) mass is 245 g/mol. The van der Waals surface area contributed by atoms with E-state index in [9.17, 15) is 0 Å². The van der Waals surface area contributed by atoms with Gasteiger partial charge >= 0.3 is 0 Å². The predicted octanol–water partition coefficient (Wildman–Crippen LogP) is 2.16. The second-order valence-corrected chi connectivity index (χ2v) is 4.45. The van der Waals surface area contributed by atoms with Gasteiger partial charge in [-0.25, -0.2) is 9.97 Å². The smallest absolute Gasteiger partial charge is 0.152 e. The van der Waals surface area contributed by atoms with Crippen LogP contribution in [0.5, 0.6) is 0 Å². The third kappa shape index (κ3) is 3.29. The predicted molar refractivity (Wildman–Crippen MR) is 71.6 cm³/mol. The van der Waals surface area contributed by atoms with Crippen LogP contribution in [-0.2, 0) is 6.54 Å². The molecule has 5 nitrogen and oxygen atoms in total. The molecule has 2 heterocycles. The normalized spacial score (nSPS) is 10.6. The molecule has 0 saturated heterocycles. The van der Waals surface area contributed by atoms with Gasteiger partial charge < -0.3 is 5.32 Å². The van der Waals surface area contributed by atoms with Crippen molar-refractivity contribution < 1.29 is 0 Å². The molecule has 2 aromatic heterocycles. The van der Waals surface area contributed by atoms with Crippen molar-refractivity contribution in [3.63, 3.8) is 0 Å². The van der Waals surface area contributed by atoms with Gasteiger partial charge in [0.2, 0.25) is 0 Å². The summed E-state index contributed by atoms with van der Waals surface area (Å²) in [6.45, 7) is 7.67. The zero-order valence-corrected chi connectivity index (χ0v) is 11.1. The van der Waals surface area contributed by atoms with E-state index in [0.29, 0.717) is 6.54 Å². The lowest BCUT2D eigenvalue weighted by Crippen LogP contribution is -2.09. The summed E-state index contributed by atoms with van der Waals surface area (Å²) in [6.07, 6.45) is 4.91. The Morgan fingerprint density at radius 2 is 2.11 bits per heavy atom. The van der Waals surface area contributed by atoms with Crippen LogP contribution in [0.1, 0.15) is 30.4 Å². The summed E-state index contributed by atoms with van der Waals surface area (Å²) < 4.78 is 1.85. The highest BCUT2D eigenvalue weighted by atomic mass is 15.3. The minimum Gasteiger partial charge on any atom is -0.370 e. The molecule has 0 radical (unpaired) electrons. The number of nitrogens with one attached hydrogen (secondary N) is 1. The molecule has 0 atom stereocenters. The highest BCUT2D eigenvalue weighted by Crippen LogP contribution is 2.07. The van der Waals surface area contributed by atoms with Gasteiger partial charge in [0.25, 0.3) is 0 Å². The molecule has 0 aliphatic heterocycles. The van der Waals surface area contributed by atoms with Gasteiger partial charge in [0.05, 0.1) is 6.20 Å². The van der Waals surface area contributed by atoms with E-state index in [2.05, 4.69) is 27.3 Å². The van der Waals surface area contributed by atoms with Gasteiger partial charge in [-0.3, -0.25) is 4.68 Å². The summed E-state index contributed by atoms with van der Waals surface area (Å²) in [4.78, 5) is 8.93. The minimum atomic E-state index is 0.607. The van der Waals surface area contributed by atoms with Crippen molar-refractivity contribution in [2.45, 2.75) is 33.7 Å². The van der Waals surface area contributed by atoms with E-state index in [-0.39, 0.29) is 0 Å². The number of aryl methyl sites for hydroxylation is 2. The van der Waals surface area contributed by atoms with E-state index in [4.69, 9.17) is 0 Å². The van der Waals surface area contributed by atoms with Crippen LogP contribution in [0, 0.1) is 13.8 Å². The van der Waals surface area contributed by atoms with Crippen molar-refractivity contribution >= 4 is 5.82 Å². The second kappa shape index (κ2) is 5.62. The first-order valence-corrected chi connectivity index (χ1v) is 6.25. The lowest BCUT2D eigenvalue weighted by molar-refractivity contribution is 0.653. The molecule has 18 heavy (non-hydrogen) atoms. The van der Waals surface area contributed by atoms with Crippen molar-refractivity contribution in [3.8, 4) is 0 Å². The number of aromatic nitrogens is 4. The van der Waals surface area contributed by atoms with Gasteiger partial charge in [0.15, 0.2) is 5.82 Å². The van der Waals surface area contributed by atoms with Crippen LogP contribution in [0.4, 0.5) is 5.82 Å². The Bertz CT molecular complexity index is 518. The molecule has 5 heteroatoms. The molecule has 0 fully saturated rings. The van der Waals surface area contributed by atoms with Crippen molar-refractivity contribution in [1.82, 2.24) is 19.7 Å². The molecule has 96 valence electrons. The maximum absolute atomic E-state index is 4.49. The van der Waals surface area contributed by atoms with E-state index < -0.39 is 0 Å². The number of rotatable bonds is 5.